The summed E-state index contributed by atoms with van der Waals surface area (Å²) < 4.78 is 26.0. The fourth-order valence-corrected chi connectivity index (χ4v) is 2.54. The fourth-order valence-electron chi connectivity index (χ4n) is 2.31. The van der Waals surface area contributed by atoms with Gasteiger partial charge < -0.3 is 20.4 Å². The monoisotopic (exact) mass is 368 g/mol. The maximum atomic E-state index is 14.0. The van der Waals surface area contributed by atoms with Crippen LogP contribution in [0.4, 0.5) is 10.1 Å². The average molecular weight is 369 g/mol. The second-order valence-corrected chi connectivity index (χ2v) is 7.47. The molecule has 0 aliphatic carbocycles. The Labute approximate surface area is 152 Å². The quantitative estimate of drug-likeness (QED) is 0.632. The first-order valence-corrected chi connectivity index (χ1v) is 8.36. The van der Waals surface area contributed by atoms with Crippen LogP contribution >= 0.6 is 11.6 Å². The van der Waals surface area contributed by atoms with E-state index in [4.69, 9.17) is 26.6 Å². The summed E-state index contributed by atoms with van der Waals surface area (Å²) in [5, 5.41) is 2.63. The van der Waals surface area contributed by atoms with Gasteiger partial charge >= 0.3 is 7.12 Å². The molecule has 2 rings (SSSR count). The standard InChI is InChI=1S/C17H23BClFN2O3/c1-10(23)22-9-12(18-24-16(2,3)17(4,5)25-18)8-11-6-7-13(21)15(20)14(11)19/h6-8H,9,21H2,1-5H3,(H,22,23). The largest absolute Gasteiger partial charge is 0.492 e. The Morgan fingerprint density at radius 2 is 1.88 bits per heavy atom. The molecular formula is C17H23BClFN2O3. The smallest absolute Gasteiger partial charge is 0.400 e. The topological polar surface area (TPSA) is 73.6 Å². The lowest BCUT2D eigenvalue weighted by Gasteiger charge is -2.32. The van der Waals surface area contributed by atoms with Crippen LogP contribution in [-0.2, 0) is 14.1 Å². The maximum Gasteiger partial charge on any atom is 0.492 e. The summed E-state index contributed by atoms with van der Waals surface area (Å²) in [6.45, 7) is 9.32. The molecular weight excluding hydrogens is 345 g/mol. The minimum absolute atomic E-state index is 0.0267. The molecule has 1 heterocycles. The molecule has 1 fully saturated rings. The highest BCUT2D eigenvalue weighted by Crippen LogP contribution is 2.39. The Morgan fingerprint density at radius 3 is 2.40 bits per heavy atom. The van der Waals surface area contributed by atoms with E-state index in [1.54, 1.807) is 12.1 Å². The van der Waals surface area contributed by atoms with Crippen molar-refractivity contribution in [1.82, 2.24) is 5.32 Å². The number of anilines is 1. The van der Waals surface area contributed by atoms with Gasteiger partial charge in [-0.25, -0.2) is 4.39 Å². The third kappa shape index (κ3) is 4.16. The van der Waals surface area contributed by atoms with Gasteiger partial charge in [0.2, 0.25) is 5.91 Å². The summed E-state index contributed by atoms with van der Waals surface area (Å²) >= 11 is 6.06. The van der Waals surface area contributed by atoms with Crippen molar-refractivity contribution < 1.29 is 18.5 Å². The van der Waals surface area contributed by atoms with Crippen molar-refractivity contribution in [3.05, 3.63) is 34.0 Å². The van der Waals surface area contributed by atoms with Crippen molar-refractivity contribution in [2.45, 2.75) is 45.8 Å². The summed E-state index contributed by atoms with van der Waals surface area (Å²) in [6.07, 6.45) is 1.66. The van der Waals surface area contributed by atoms with E-state index in [0.717, 1.165) is 0 Å². The molecule has 1 aliphatic rings. The lowest BCUT2D eigenvalue weighted by molar-refractivity contribution is -0.118. The van der Waals surface area contributed by atoms with E-state index in [-0.39, 0.29) is 23.2 Å². The zero-order chi connectivity index (χ0) is 19.0. The lowest BCUT2D eigenvalue weighted by atomic mass is 9.77. The fraction of sp³-hybridized carbons (Fsp3) is 0.471. The van der Waals surface area contributed by atoms with E-state index in [1.807, 2.05) is 27.7 Å². The first-order chi connectivity index (χ1) is 11.4. The molecule has 0 spiro atoms. The van der Waals surface area contributed by atoms with Crippen LogP contribution in [0.2, 0.25) is 5.02 Å². The zero-order valence-electron chi connectivity index (χ0n) is 15.1. The molecule has 0 atom stereocenters. The van der Waals surface area contributed by atoms with Gasteiger partial charge in [-0.3, -0.25) is 4.79 Å². The number of carbonyl (C=O) groups excluding carboxylic acids is 1. The average Bonchev–Trinajstić information content (AvgIpc) is 2.71. The molecule has 136 valence electrons. The molecule has 0 unspecified atom stereocenters. The van der Waals surface area contributed by atoms with Crippen molar-refractivity contribution in [2.24, 2.45) is 0 Å². The second kappa shape index (κ2) is 6.98. The minimum atomic E-state index is -0.687. The predicted molar refractivity (Wildman–Crippen MR) is 98.6 cm³/mol. The van der Waals surface area contributed by atoms with Crippen LogP contribution in [0.3, 0.4) is 0 Å². The van der Waals surface area contributed by atoms with E-state index < -0.39 is 24.1 Å². The molecule has 1 aromatic rings. The van der Waals surface area contributed by atoms with Gasteiger partial charge in [-0.05, 0) is 44.8 Å². The molecule has 1 aliphatic heterocycles. The molecule has 0 bridgehead atoms. The highest BCUT2D eigenvalue weighted by Gasteiger charge is 2.52. The molecule has 1 saturated heterocycles. The van der Waals surface area contributed by atoms with Crippen molar-refractivity contribution in [2.75, 3.05) is 12.3 Å². The minimum Gasteiger partial charge on any atom is -0.400 e. The molecule has 0 radical (unpaired) electrons. The van der Waals surface area contributed by atoms with Crippen LogP contribution in [0.15, 0.2) is 17.6 Å². The molecule has 1 amide bonds. The number of rotatable bonds is 4. The number of carbonyl (C=O) groups is 1. The van der Waals surface area contributed by atoms with Crippen LogP contribution in [0.25, 0.3) is 6.08 Å². The van der Waals surface area contributed by atoms with Gasteiger partial charge in [-0.15, -0.1) is 0 Å². The Morgan fingerprint density at radius 1 is 1.32 bits per heavy atom. The third-order valence-corrected chi connectivity index (χ3v) is 4.96. The van der Waals surface area contributed by atoms with E-state index in [1.165, 1.54) is 13.0 Å². The summed E-state index contributed by atoms with van der Waals surface area (Å²) in [7, 11) is -0.687. The third-order valence-electron chi connectivity index (χ3n) is 4.58. The number of hydrogen-bond acceptors (Lipinski definition) is 4. The Balaban J connectivity index is 2.40. The van der Waals surface area contributed by atoms with Gasteiger partial charge in [-0.1, -0.05) is 23.7 Å². The van der Waals surface area contributed by atoms with E-state index >= 15 is 0 Å². The lowest BCUT2D eigenvalue weighted by Crippen LogP contribution is -2.41. The van der Waals surface area contributed by atoms with E-state index in [2.05, 4.69) is 5.32 Å². The van der Waals surface area contributed by atoms with E-state index in [9.17, 15) is 9.18 Å². The summed E-state index contributed by atoms with van der Waals surface area (Å²) in [5.74, 6) is -0.875. The number of hydrogen-bond donors (Lipinski definition) is 2. The molecule has 0 saturated carbocycles. The summed E-state index contributed by atoms with van der Waals surface area (Å²) in [6, 6.07) is 3.05. The van der Waals surface area contributed by atoms with Crippen molar-refractivity contribution in [1.29, 1.82) is 0 Å². The highest BCUT2D eigenvalue weighted by atomic mass is 35.5. The number of benzene rings is 1. The van der Waals surface area contributed by atoms with Crippen LogP contribution < -0.4 is 11.1 Å². The van der Waals surface area contributed by atoms with Crippen LogP contribution in [-0.4, -0.2) is 30.8 Å². The summed E-state index contributed by atoms with van der Waals surface area (Å²) in [4.78, 5) is 11.3. The number of halogens is 2. The van der Waals surface area contributed by atoms with Gasteiger partial charge in [0.05, 0.1) is 21.9 Å². The predicted octanol–water partition coefficient (Wildman–Crippen LogP) is 3.21. The second-order valence-electron chi connectivity index (χ2n) is 7.09. The van der Waals surface area contributed by atoms with Gasteiger partial charge in [0.25, 0.3) is 0 Å². The zero-order valence-corrected chi connectivity index (χ0v) is 15.8. The Hall–Kier alpha value is -1.57. The van der Waals surface area contributed by atoms with Crippen molar-refractivity contribution in [3.63, 3.8) is 0 Å². The molecule has 25 heavy (non-hydrogen) atoms. The number of nitrogens with two attached hydrogens (primary N) is 1. The van der Waals surface area contributed by atoms with Gasteiger partial charge in [-0.2, -0.15) is 0 Å². The van der Waals surface area contributed by atoms with Crippen molar-refractivity contribution >= 4 is 36.4 Å². The molecule has 1 aromatic carbocycles. The van der Waals surface area contributed by atoms with Gasteiger partial charge in [0, 0.05) is 13.5 Å². The highest BCUT2D eigenvalue weighted by molar-refractivity contribution is 6.56. The van der Waals surface area contributed by atoms with Crippen LogP contribution in [0.1, 0.15) is 40.2 Å². The SMILES string of the molecule is CC(=O)NCC(=Cc1ccc(N)c(F)c1Cl)B1OC(C)(C)C(C)(C)O1. The Bertz CT molecular complexity index is 706. The molecule has 8 heteroatoms. The molecule has 0 aromatic heterocycles. The first kappa shape index (κ1) is 19.8. The summed E-state index contributed by atoms with van der Waals surface area (Å²) in [5.41, 5.74) is 5.48. The first-order valence-electron chi connectivity index (χ1n) is 7.98. The number of nitrogens with one attached hydrogen (secondary N) is 1. The van der Waals surface area contributed by atoms with Crippen molar-refractivity contribution in [3.8, 4) is 0 Å². The van der Waals surface area contributed by atoms with Gasteiger partial charge in [0.15, 0.2) is 5.82 Å². The van der Waals surface area contributed by atoms with E-state index in [0.29, 0.717) is 11.0 Å². The Kier molecular flexibility index (Phi) is 5.51. The molecule has 3 N–H and O–H groups in total. The maximum absolute atomic E-state index is 14.0. The number of nitrogen functional groups attached to an aromatic ring is 1. The van der Waals surface area contributed by atoms with Crippen LogP contribution in [0.5, 0.6) is 0 Å². The normalized spacial score (nSPS) is 19.2. The van der Waals surface area contributed by atoms with Gasteiger partial charge in [0.1, 0.15) is 0 Å². The van der Waals surface area contributed by atoms with Crippen LogP contribution in [0, 0.1) is 5.82 Å². The molecule has 5 nitrogen and oxygen atoms in total. The number of amides is 1.